The van der Waals surface area contributed by atoms with Gasteiger partial charge in [0.25, 0.3) is 5.91 Å². The Hall–Kier alpha value is -3.29. The van der Waals surface area contributed by atoms with Crippen LogP contribution in [0.1, 0.15) is 21.5 Å². The predicted molar refractivity (Wildman–Crippen MR) is 87.7 cm³/mol. The van der Waals surface area contributed by atoms with Crippen LogP contribution in [0.2, 0.25) is 0 Å². The van der Waals surface area contributed by atoms with Crippen molar-refractivity contribution >= 4 is 11.6 Å². The maximum Gasteiger partial charge on any atom is 0.261 e. The minimum atomic E-state index is -2.32. The highest BCUT2D eigenvalue weighted by Crippen LogP contribution is 2.24. The van der Waals surface area contributed by atoms with Crippen molar-refractivity contribution in [2.45, 2.75) is 6.42 Å². The first-order valence-electron chi connectivity index (χ1n) is 7.69. The number of carbonyl (C=O) groups is 1. The fourth-order valence-electron chi connectivity index (χ4n) is 2.44. The zero-order chi connectivity index (χ0) is 19.6. The number of benzene rings is 2. The van der Waals surface area contributed by atoms with Crippen LogP contribution >= 0.6 is 0 Å². The van der Waals surface area contributed by atoms with E-state index in [4.69, 9.17) is 0 Å². The molecule has 0 aliphatic rings. The lowest BCUT2D eigenvalue weighted by Gasteiger charge is -2.10. The van der Waals surface area contributed by atoms with Crippen LogP contribution in [0.25, 0.3) is 0 Å². The third-order valence-electron chi connectivity index (χ3n) is 3.81. The van der Waals surface area contributed by atoms with E-state index in [0.29, 0.717) is 6.42 Å². The summed E-state index contributed by atoms with van der Waals surface area (Å²) in [5.74, 6) is -12.5. The predicted octanol–water partition coefficient (Wildman–Crippen LogP) is 4.62. The van der Waals surface area contributed by atoms with Crippen LogP contribution in [0.5, 0.6) is 0 Å². The lowest BCUT2D eigenvalue weighted by atomic mass is 10.1. The van der Waals surface area contributed by atoms with Crippen molar-refractivity contribution in [2.75, 3.05) is 5.32 Å². The second-order valence-corrected chi connectivity index (χ2v) is 5.63. The molecule has 0 fully saturated rings. The molecule has 3 aromatic rings. The Morgan fingerprint density at radius 2 is 1.22 bits per heavy atom. The van der Waals surface area contributed by atoms with Gasteiger partial charge in [0.1, 0.15) is 5.56 Å². The number of anilines is 1. The van der Waals surface area contributed by atoms with Crippen molar-refractivity contribution in [3.05, 3.63) is 94.6 Å². The van der Waals surface area contributed by atoms with Crippen molar-refractivity contribution < 1.29 is 26.7 Å². The van der Waals surface area contributed by atoms with Crippen molar-refractivity contribution in [1.82, 2.24) is 4.98 Å². The highest BCUT2D eigenvalue weighted by atomic mass is 19.2. The van der Waals surface area contributed by atoms with E-state index in [1.807, 2.05) is 12.1 Å². The number of amides is 1. The summed E-state index contributed by atoms with van der Waals surface area (Å²) in [7, 11) is 0. The van der Waals surface area contributed by atoms with Gasteiger partial charge in [-0.25, -0.2) is 22.0 Å². The number of rotatable bonds is 4. The van der Waals surface area contributed by atoms with E-state index in [2.05, 4.69) is 10.3 Å². The number of halogens is 5. The summed E-state index contributed by atoms with van der Waals surface area (Å²) in [5, 5.41) is 2.12. The molecule has 0 aliphatic heterocycles. The van der Waals surface area contributed by atoms with Crippen LogP contribution in [0.4, 0.5) is 27.6 Å². The van der Waals surface area contributed by atoms with Gasteiger partial charge in [0.2, 0.25) is 5.82 Å². The molecule has 0 saturated carbocycles. The molecule has 0 atom stereocenters. The summed E-state index contributed by atoms with van der Waals surface area (Å²) in [6, 6.07) is 9.90. The molecule has 3 nitrogen and oxygen atoms in total. The van der Waals surface area contributed by atoms with Crippen molar-refractivity contribution in [2.24, 2.45) is 0 Å². The molecule has 1 N–H and O–H groups in total. The van der Waals surface area contributed by atoms with Crippen LogP contribution in [-0.4, -0.2) is 10.9 Å². The van der Waals surface area contributed by atoms with Gasteiger partial charge >= 0.3 is 0 Å². The smallest absolute Gasteiger partial charge is 0.261 e. The van der Waals surface area contributed by atoms with E-state index >= 15 is 0 Å². The van der Waals surface area contributed by atoms with E-state index in [0.717, 1.165) is 11.1 Å². The molecule has 8 heteroatoms. The molecule has 1 aromatic heterocycles. The molecule has 0 saturated heterocycles. The third-order valence-corrected chi connectivity index (χ3v) is 3.81. The zero-order valence-electron chi connectivity index (χ0n) is 13.6. The summed E-state index contributed by atoms with van der Waals surface area (Å²) in [6.07, 6.45) is 3.89. The fraction of sp³-hybridized carbons (Fsp3) is 0.0526. The van der Waals surface area contributed by atoms with Gasteiger partial charge in [0.15, 0.2) is 23.3 Å². The number of aromatic nitrogens is 1. The first-order valence-corrected chi connectivity index (χ1v) is 7.69. The Bertz CT molecular complexity index is 962. The quantitative estimate of drug-likeness (QED) is 0.409. The lowest BCUT2D eigenvalue weighted by Crippen LogP contribution is -2.19. The Labute approximate surface area is 150 Å². The average molecular weight is 378 g/mol. The first kappa shape index (κ1) is 18.5. The van der Waals surface area contributed by atoms with Crippen LogP contribution in [-0.2, 0) is 6.42 Å². The lowest BCUT2D eigenvalue weighted by molar-refractivity contribution is 0.101. The average Bonchev–Trinajstić information content (AvgIpc) is 2.67. The maximum atomic E-state index is 13.7. The Kier molecular flexibility index (Phi) is 5.16. The largest absolute Gasteiger partial charge is 0.322 e. The molecule has 138 valence electrons. The maximum absolute atomic E-state index is 13.7. The Morgan fingerprint density at radius 1 is 0.741 bits per heavy atom. The summed E-state index contributed by atoms with van der Waals surface area (Å²) < 4.78 is 66.8. The zero-order valence-corrected chi connectivity index (χ0v) is 13.6. The van der Waals surface area contributed by atoms with Gasteiger partial charge < -0.3 is 5.32 Å². The molecular formula is C19H11F5N2O. The number of nitrogens with zero attached hydrogens (tertiary/aromatic N) is 1. The minimum absolute atomic E-state index is 0.141. The van der Waals surface area contributed by atoms with Crippen LogP contribution in [0.3, 0.4) is 0 Å². The molecule has 1 amide bonds. The first-order chi connectivity index (χ1) is 12.9. The van der Waals surface area contributed by atoms with E-state index in [-0.39, 0.29) is 5.69 Å². The molecule has 0 bridgehead atoms. The number of hydrogen-bond donors (Lipinski definition) is 1. The highest BCUT2D eigenvalue weighted by Gasteiger charge is 2.29. The summed E-state index contributed by atoms with van der Waals surface area (Å²) >= 11 is 0. The molecule has 0 spiro atoms. The van der Waals surface area contributed by atoms with Crippen molar-refractivity contribution in [3.63, 3.8) is 0 Å². The van der Waals surface area contributed by atoms with E-state index < -0.39 is 40.6 Å². The minimum Gasteiger partial charge on any atom is -0.322 e. The summed E-state index contributed by atoms with van der Waals surface area (Å²) in [4.78, 5) is 15.9. The molecule has 3 rings (SSSR count). The molecule has 0 unspecified atom stereocenters. The second-order valence-electron chi connectivity index (χ2n) is 5.63. The van der Waals surface area contributed by atoms with Gasteiger partial charge in [-0.1, -0.05) is 12.1 Å². The molecule has 1 heterocycles. The third kappa shape index (κ3) is 3.79. The van der Waals surface area contributed by atoms with E-state index in [9.17, 15) is 26.7 Å². The number of hydrogen-bond acceptors (Lipinski definition) is 2. The SMILES string of the molecule is O=C(Nc1ccc(Cc2ccncc2)cc1)c1c(F)c(F)c(F)c(F)c1F. The normalized spacial score (nSPS) is 10.7. The Balaban J connectivity index is 1.79. The Morgan fingerprint density at radius 3 is 1.78 bits per heavy atom. The molecule has 27 heavy (non-hydrogen) atoms. The number of carbonyl (C=O) groups excluding carboxylic acids is 1. The van der Waals surface area contributed by atoms with Gasteiger partial charge in [-0.05, 0) is 41.8 Å². The van der Waals surface area contributed by atoms with Gasteiger partial charge in [0.05, 0.1) is 0 Å². The second kappa shape index (κ2) is 7.53. The molecule has 0 aliphatic carbocycles. The summed E-state index contributed by atoms with van der Waals surface area (Å²) in [6.45, 7) is 0. The number of pyridine rings is 1. The molecule has 2 aromatic carbocycles. The van der Waals surface area contributed by atoms with Crippen LogP contribution < -0.4 is 5.32 Å². The highest BCUT2D eigenvalue weighted by molar-refractivity contribution is 6.04. The van der Waals surface area contributed by atoms with Gasteiger partial charge in [-0.3, -0.25) is 9.78 Å². The van der Waals surface area contributed by atoms with E-state index in [1.165, 1.54) is 12.1 Å². The van der Waals surface area contributed by atoms with Crippen molar-refractivity contribution in [3.8, 4) is 0 Å². The molecule has 0 radical (unpaired) electrons. The number of nitrogens with one attached hydrogen (secondary N) is 1. The van der Waals surface area contributed by atoms with Crippen LogP contribution in [0.15, 0.2) is 48.8 Å². The topological polar surface area (TPSA) is 42.0 Å². The van der Waals surface area contributed by atoms with Gasteiger partial charge in [0, 0.05) is 18.1 Å². The standard InChI is InChI=1S/C19H11F5N2O/c20-14-13(15(21)17(23)18(24)16(14)22)19(27)26-12-3-1-10(2-4-12)9-11-5-7-25-8-6-11/h1-8H,9H2,(H,26,27). The van der Waals surface area contributed by atoms with Crippen molar-refractivity contribution in [1.29, 1.82) is 0 Å². The monoisotopic (exact) mass is 378 g/mol. The molecular weight excluding hydrogens is 367 g/mol. The summed E-state index contributed by atoms with van der Waals surface area (Å²) in [5.41, 5.74) is 0.494. The van der Waals surface area contributed by atoms with Gasteiger partial charge in [-0.2, -0.15) is 0 Å². The fourth-order valence-corrected chi connectivity index (χ4v) is 2.44. The van der Waals surface area contributed by atoms with Crippen LogP contribution in [0, 0.1) is 29.1 Å². The van der Waals surface area contributed by atoms with E-state index in [1.54, 1.807) is 24.5 Å². The van der Waals surface area contributed by atoms with Gasteiger partial charge in [-0.15, -0.1) is 0 Å².